The van der Waals surface area contributed by atoms with Crippen LogP contribution in [-0.2, 0) is 4.79 Å². The average Bonchev–Trinajstić information content (AvgIpc) is 2.96. The maximum atomic E-state index is 14.8. The zero-order valence-corrected chi connectivity index (χ0v) is 16.1. The van der Waals surface area contributed by atoms with E-state index in [1.165, 1.54) is 45.2 Å². The summed E-state index contributed by atoms with van der Waals surface area (Å²) in [5, 5.41) is 12.5. The van der Waals surface area contributed by atoms with Gasteiger partial charge in [-0.05, 0) is 43.7 Å². The van der Waals surface area contributed by atoms with Gasteiger partial charge >= 0.3 is 0 Å². The third-order valence-electron chi connectivity index (χ3n) is 4.78. The number of carbonyl (C=O) groups excluding carboxylic acids is 2. The Kier molecular flexibility index (Phi) is 5.12. The van der Waals surface area contributed by atoms with E-state index in [1.807, 2.05) is 0 Å². The van der Waals surface area contributed by atoms with Crippen molar-refractivity contribution in [3.63, 3.8) is 0 Å². The second-order valence-corrected chi connectivity index (χ2v) is 6.83. The molecule has 2 aromatic carbocycles. The SMILES string of the molecule is CNC(=O)[C@@H](C)c1c(C)n(C(=O)c2ccc(Cl)cc2)c2cc(F)c(O)c(F)c12. The maximum Gasteiger partial charge on any atom is 0.262 e. The van der Waals surface area contributed by atoms with Crippen molar-refractivity contribution < 1.29 is 23.5 Å². The number of halogens is 3. The van der Waals surface area contributed by atoms with Gasteiger partial charge in [0.15, 0.2) is 17.4 Å². The standard InChI is InChI=1S/C20H17ClF2N2O3/c1-9(19(27)24-3)15-10(2)25(20(28)11-4-6-12(21)7-5-11)14-8-13(22)18(26)17(23)16(14)15/h4-9,26H,1-3H3,(H,24,27)/t9-/m0/s1. The molecule has 1 amide bonds. The second kappa shape index (κ2) is 7.24. The number of phenols is 1. The van der Waals surface area contributed by atoms with Gasteiger partial charge < -0.3 is 10.4 Å². The molecule has 0 saturated carbocycles. The van der Waals surface area contributed by atoms with Crippen LogP contribution < -0.4 is 5.32 Å². The van der Waals surface area contributed by atoms with Gasteiger partial charge in [-0.25, -0.2) is 8.78 Å². The van der Waals surface area contributed by atoms with Crippen LogP contribution in [0.3, 0.4) is 0 Å². The minimum absolute atomic E-state index is 0.0731. The lowest BCUT2D eigenvalue weighted by Gasteiger charge is -2.12. The Bertz CT molecular complexity index is 1110. The van der Waals surface area contributed by atoms with Crippen LogP contribution in [0.2, 0.25) is 5.02 Å². The number of nitrogens with zero attached hydrogens (tertiary/aromatic N) is 1. The molecule has 146 valence electrons. The van der Waals surface area contributed by atoms with Crippen molar-refractivity contribution in [3.8, 4) is 5.75 Å². The number of carbonyl (C=O) groups is 2. The van der Waals surface area contributed by atoms with E-state index >= 15 is 0 Å². The molecule has 0 fully saturated rings. The third kappa shape index (κ3) is 3.01. The zero-order chi connectivity index (χ0) is 20.7. The first-order valence-electron chi connectivity index (χ1n) is 8.42. The van der Waals surface area contributed by atoms with Crippen molar-refractivity contribution in [1.29, 1.82) is 0 Å². The molecule has 0 bridgehead atoms. The predicted octanol–water partition coefficient (Wildman–Crippen LogP) is 4.12. The highest BCUT2D eigenvalue weighted by atomic mass is 35.5. The summed E-state index contributed by atoms with van der Waals surface area (Å²) in [7, 11) is 1.43. The maximum absolute atomic E-state index is 14.8. The van der Waals surface area contributed by atoms with E-state index in [-0.39, 0.29) is 27.7 Å². The fraction of sp³-hybridized carbons (Fsp3) is 0.200. The molecular formula is C20H17ClF2N2O3. The van der Waals surface area contributed by atoms with Crippen LogP contribution in [-0.4, -0.2) is 28.5 Å². The summed E-state index contributed by atoms with van der Waals surface area (Å²) in [6.45, 7) is 3.08. The minimum Gasteiger partial charge on any atom is -0.503 e. The van der Waals surface area contributed by atoms with Gasteiger partial charge in [0.05, 0.1) is 11.4 Å². The summed E-state index contributed by atoms with van der Waals surface area (Å²) in [5.41, 5.74) is 0.646. The van der Waals surface area contributed by atoms with Crippen molar-refractivity contribution in [3.05, 3.63) is 63.8 Å². The molecule has 2 N–H and O–H groups in total. The highest BCUT2D eigenvalue weighted by Crippen LogP contribution is 2.38. The number of likely N-dealkylation sites (N-methyl/N-ethyl adjacent to an activating group) is 1. The van der Waals surface area contributed by atoms with Gasteiger partial charge in [0.25, 0.3) is 5.91 Å². The number of fused-ring (bicyclic) bond motifs is 1. The molecule has 5 nitrogen and oxygen atoms in total. The zero-order valence-electron chi connectivity index (χ0n) is 15.3. The van der Waals surface area contributed by atoms with Gasteiger partial charge in [0.2, 0.25) is 5.91 Å². The summed E-state index contributed by atoms with van der Waals surface area (Å²) in [6, 6.07) is 6.91. The first-order valence-corrected chi connectivity index (χ1v) is 8.80. The lowest BCUT2D eigenvalue weighted by molar-refractivity contribution is -0.121. The lowest BCUT2D eigenvalue weighted by Crippen LogP contribution is -2.24. The molecule has 0 saturated heterocycles. The molecule has 8 heteroatoms. The van der Waals surface area contributed by atoms with Gasteiger partial charge in [0, 0.05) is 34.8 Å². The second-order valence-electron chi connectivity index (χ2n) is 6.40. The Morgan fingerprint density at radius 1 is 1.21 bits per heavy atom. The van der Waals surface area contributed by atoms with E-state index in [2.05, 4.69) is 5.32 Å². The Balaban J connectivity index is 2.37. The molecule has 0 spiro atoms. The Hall–Kier alpha value is -2.93. The van der Waals surface area contributed by atoms with Gasteiger partial charge in [-0.1, -0.05) is 11.6 Å². The van der Waals surface area contributed by atoms with E-state index in [1.54, 1.807) is 0 Å². The molecule has 0 aliphatic rings. The Labute approximate surface area is 164 Å². The monoisotopic (exact) mass is 406 g/mol. The van der Waals surface area contributed by atoms with Crippen LogP contribution >= 0.6 is 11.6 Å². The summed E-state index contributed by atoms with van der Waals surface area (Å²) in [6.07, 6.45) is 0. The molecule has 1 heterocycles. The summed E-state index contributed by atoms with van der Waals surface area (Å²) in [4.78, 5) is 25.3. The van der Waals surface area contributed by atoms with Crippen LogP contribution in [0.25, 0.3) is 10.9 Å². The first kappa shape index (κ1) is 19.8. The summed E-state index contributed by atoms with van der Waals surface area (Å²) in [5.74, 6) is -5.37. The number of amides is 1. The van der Waals surface area contributed by atoms with E-state index in [0.717, 1.165) is 10.6 Å². The first-order chi connectivity index (χ1) is 13.2. The molecule has 0 radical (unpaired) electrons. The number of hydrogen-bond acceptors (Lipinski definition) is 3. The predicted molar refractivity (Wildman–Crippen MR) is 102 cm³/mol. The van der Waals surface area contributed by atoms with Gasteiger partial charge in [-0.3, -0.25) is 14.2 Å². The van der Waals surface area contributed by atoms with Gasteiger partial charge in [-0.15, -0.1) is 0 Å². The smallest absolute Gasteiger partial charge is 0.262 e. The molecule has 28 heavy (non-hydrogen) atoms. The van der Waals surface area contributed by atoms with Crippen molar-refractivity contribution in [2.45, 2.75) is 19.8 Å². The molecule has 1 aromatic heterocycles. The van der Waals surface area contributed by atoms with Crippen LogP contribution in [0.5, 0.6) is 5.75 Å². The Morgan fingerprint density at radius 2 is 1.82 bits per heavy atom. The van der Waals surface area contributed by atoms with E-state index in [4.69, 9.17) is 11.6 Å². The van der Waals surface area contributed by atoms with E-state index in [9.17, 15) is 23.5 Å². The third-order valence-corrected chi connectivity index (χ3v) is 5.03. The number of aromatic nitrogens is 1. The Morgan fingerprint density at radius 3 is 2.39 bits per heavy atom. The number of nitrogens with one attached hydrogen (secondary N) is 1. The van der Waals surface area contributed by atoms with Crippen molar-refractivity contribution in [1.82, 2.24) is 9.88 Å². The van der Waals surface area contributed by atoms with Crippen LogP contribution in [0.15, 0.2) is 30.3 Å². The molecule has 3 aromatic rings. The number of aromatic hydroxyl groups is 1. The molecule has 1 atom stereocenters. The highest BCUT2D eigenvalue weighted by Gasteiger charge is 2.30. The number of hydrogen-bond donors (Lipinski definition) is 2. The number of benzene rings is 2. The van der Waals surface area contributed by atoms with Gasteiger partial charge in [0.1, 0.15) is 0 Å². The number of phenolic OH excluding ortho intramolecular Hbond substituents is 1. The topological polar surface area (TPSA) is 71.3 Å². The lowest BCUT2D eigenvalue weighted by atomic mass is 9.96. The normalized spacial score (nSPS) is 12.2. The molecule has 3 rings (SSSR count). The van der Waals surface area contributed by atoms with Crippen molar-refractivity contribution in [2.24, 2.45) is 0 Å². The fourth-order valence-corrected chi connectivity index (χ4v) is 3.50. The van der Waals surface area contributed by atoms with Crippen molar-refractivity contribution in [2.75, 3.05) is 7.05 Å². The average molecular weight is 407 g/mol. The molecule has 0 aliphatic carbocycles. The highest BCUT2D eigenvalue weighted by molar-refractivity contribution is 6.30. The summed E-state index contributed by atoms with van der Waals surface area (Å²) < 4.78 is 30.0. The quantitative estimate of drug-likeness (QED) is 0.687. The van der Waals surface area contributed by atoms with E-state index in [0.29, 0.717) is 5.02 Å². The van der Waals surface area contributed by atoms with Crippen LogP contribution in [0, 0.1) is 18.6 Å². The van der Waals surface area contributed by atoms with E-state index < -0.39 is 35.1 Å². The van der Waals surface area contributed by atoms with Crippen molar-refractivity contribution >= 4 is 34.3 Å². The van der Waals surface area contributed by atoms with Gasteiger partial charge in [-0.2, -0.15) is 0 Å². The minimum atomic E-state index is -1.22. The summed E-state index contributed by atoms with van der Waals surface area (Å²) >= 11 is 5.85. The van der Waals surface area contributed by atoms with Crippen LogP contribution in [0.4, 0.5) is 8.78 Å². The fourth-order valence-electron chi connectivity index (χ4n) is 3.37. The molecule has 0 unspecified atom stereocenters. The van der Waals surface area contributed by atoms with Crippen LogP contribution in [0.1, 0.15) is 34.5 Å². The number of rotatable bonds is 3. The molecule has 0 aliphatic heterocycles. The molecular weight excluding hydrogens is 390 g/mol. The largest absolute Gasteiger partial charge is 0.503 e.